The highest BCUT2D eigenvalue weighted by Gasteiger charge is 2.17. The van der Waals surface area contributed by atoms with Crippen molar-refractivity contribution in [1.82, 2.24) is 4.98 Å². The first-order valence-electron chi connectivity index (χ1n) is 5.70. The second kappa shape index (κ2) is 5.53. The van der Waals surface area contributed by atoms with Crippen LogP contribution in [0.25, 0.3) is 0 Å². The van der Waals surface area contributed by atoms with Crippen LogP contribution >= 0.6 is 0 Å². The molecule has 8 heteroatoms. The molecule has 0 aliphatic carbocycles. The zero-order valence-electron chi connectivity index (χ0n) is 10.7. The fraction of sp³-hybridized carbons (Fsp3) is 0.0769. The van der Waals surface area contributed by atoms with Crippen LogP contribution in [0.4, 0.5) is 10.1 Å². The summed E-state index contributed by atoms with van der Waals surface area (Å²) in [7, 11) is 0. The number of carbonyl (C=O) groups is 1. The van der Waals surface area contributed by atoms with E-state index in [0.29, 0.717) is 5.69 Å². The summed E-state index contributed by atoms with van der Waals surface area (Å²) in [5, 5.41) is 19.5. The zero-order chi connectivity index (χ0) is 15.6. The van der Waals surface area contributed by atoms with Gasteiger partial charge in [0.1, 0.15) is 17.1 Å². The Labute approximate surface area is 117 Å². The number of nitrogens with zero attached hydrogens (tertiary/aromatic N) is 2. The smallest absolute Gasteiger partial charge is 0.341 e. The fourth-order valence-corrected chi connectivity index (χ4v) is 1.61. The Morgan fingerprint density at radius 3 is 2.71 bits per heavy atom. The van der Waals surface area contributed by atoms with Gasteiger partial charge in [0.2, 0.25) is 5.82 Å². The molecular weight excluding hydrogens is 283 g/mol. The van der Waals surface area contributed by atoms with Crippen LogP contribution in [0.5, 0.6) is 11.5 Å². The highest BCUT2D eigenvalue weighted by molar-refractivity contribution is 5.90. The number of nitro benzene ring substituents is 1. The van der Waals surface area contributed by atoms with Crippen LogP contribution in [-0.4, -0.2) is 21.0 Å². The van der Waals surface area contributed by atoms with Crippen molar-refractivity contribution in [3.63, 3.8) is 0 Å². The summed E-state index contributed by atoms with van der Waals surface area (Å²) >= 11 is 0. The first kappa shape index (κ1) is 14.4. The molecule has 108 valence electrons. The van der Waals surface area contributed by atoms with E-state index in [2.05, 4.69) is 4.98 Å². The molecule has 0 unspecified atom stereocenters. The molecule has 1 aromatic carbocycles. The number of carboxylic acids is 1. The number of hydrogen-bond donors (Lipinski definition) is 1. The number of carboxylic acid groups (broad SMARTS) is 1. The molecule has 0 bridgehead atoms. The van der Waals surface area contributed by atoms with Gasteiger partial charge in [0.15, 0.2) is 0 Å². The van der Waals surface area contributed by atoms with Crippen molar-refractivity contribution in [2.45, 2.75) is 6.92 Å². The predicted octanol–water partition coefficient (Wildman–Crippen LogP) is 2.93. The van der Waals surface area contributed by atoms with Gasteiger partial charge in [-0.05, 0) is 13.0 Å². The molecule has 0 saturated carbocycles. The molecule has 0 aliphatic rings. The van der Waals surface area contributed by atoms with Gasteiger partial charge in [0, 0.05) is 30.1 Å². The van der Waals surface area contributed by atoms with Crippen molar-refractivity contribution in [2.75, 3.05) is 0 Å². The number of ether oxygens (including phenoxy) is 1. The minimum absolute atomic E-state index is 0.0248. The van der Waals surface area contributed by atoms with E-state index in [1.54, 1.807) is 6.92 Å². The zero-order valence-corrected chi connectivity index (χ0v) is 10.7. The Balaban J connectivity index is 2.38. The Kier molecular flexibility index (Phi) is 3.79. The number of aromatic carboxylic acids is 1. The van der Waals surface area contributed by atoms with Crippen LogP contribution in [0.3, 0.4) is 0 Å². The average molecular weight is 292 g/mol. The summed E-state index contributed by atoms with van der Waals surface area (Å²) in [6.07, 6.45) is 1.12. The molecule has 0 saturated heterocycles. The first-order chi connectivity index (χ1) is 9.88. The number of pyridine rings is 1. The van der Waals surface area contributed by atoms with E-state index in [1.165, 1.54) is 12.1 Å². The lowest BCUT2D eigenvalue weighted by atomic mass is 10.2. The molecule has 21 heavy (non-hydrogen) atoms. The third-order valence-corrected chi connectivity index (χ3v) is 2.58. The molecule has 2 aromatic rings. The van der Waals surface area contributed by atoms with Gasteiger partial charge in [-0.15, -0.1) is 0 Å². The van der Waals surface area contributed by atoms with Gasteiger partial charge in [-0.2, -0.15) is 4.39 Å². The number of nitro groups is 1. The lowest BCUT2D eigenvalue weighted by molar-refractivity contribution is -0.387. The summed E-state index contributed by atoms with van der Waals surface area (Å²) in [6, 6.07) is 4.32. The van der Waals surface area contributed by atoms with Gasteiger partial charge in [-0.25, -0.2) is 4.79 Å². The molecule has 0 atom stereocenters. The van der Waals surface area contributed by atoms with Crippen LogP contribution in [0.2, 0.25) is 0 Å². The predicted molar refractivity (Wildman–Crippen MR) is 69.1 cm³/mol. The van der Waals surface area contributed by atoms with Gasteiger partial charge in [-0.3, -0.25) is 15.1 Å². The molecule has 1 heterocycles. The van der Waals surface area contributed by atoms with Crippen molar-refractivity contribution in [2.24, 2.45) is 0 Å². The molecule has 2 rings (SSSR count). The number of aromatic nitrogens is 1. The maximum atomic E-state index is 13.5. The third kappa shape index (κ3) is 3.11. The van der Waals surface area contributed by atoms with E-state index < -0.39 is 22.4 Å². The first-order valence-corrected chi connectivity index (χ1v) is 5.70. The Bertz CT molecular complexity index is 732. The summed E-state index contributed by atoms with van der Waals surface area (Å²) in [5.74, 6) is -2.39. The molecule has 1 aromatic heterocycles. The Morgan fingerprint density at radius 2 is 2.14 bits per heavy atom. The van der Waals surface area contributed by atoms with Crippen LogP contribution < -0.4 is 4.74 Å². The largest absolute Gasteiger partial charge is 0.477 e. The van der Waals surface area contributed by atoms with Gasteiger partial charge < -0.3 is 9.84 Å². The van der Waals surface area contributed by atoms with E-state index >= 15 is 0 Å². The second-order valence-corrected chi connectivity index (χ2v) is 4.10. The molecule has 0 spiro atoms. The number of halogens is 1. The second-order valence-electron chi connectivity index (χ2n) is 4.10. The Hall–Kier alpha value is -3.03. The molecule has 1 N–H and O–H groups in total. The summed E-state index contributed by atoms with van der Waals surface area (Å²) in [4.78, 5) is 24.5. The van der Waals surface area contributed by atoms with E-state index in [0.717, 1.165) is 18.3 Å². The molecule has 0 radical (unpaired) electrons. The van der Waals surface area contributed by atoms with Crippen molar-refractivity contribution in [3.8, 4) is 11.5 Å². The molecule has 7 nitrogen and oxygen atoms in total. The number of benzene rings is 1. The van der Waals surface area contributed by atoms with E-state index in [9.17, 15) is 19.3 Å². The van der Waals surface area contributed by atoms with Crippen molar-refractivity contribution < 1.29 is 24.0 Å². The van der Waals surface area contributed by atoms with E-state index in [4.69, 9.17) is 9.84 Å². The fourth-order valence-electron chi connectivity index (χ4n) is 1.61. The van der Waals surface area contributed by atoms with Crippen molar-refractivity contribution in [3.05, 3.63) is 57.7 Å². The highest BCUT2D eigenvalue weighted by Crippen LogP contribution is 2.29. The van der Waals surface area contributed by atoms with Gasteiger partial charge in [0.05, 0.1) is 4.92 Å². The van der Waals surface area contributed by atoms with Gasteiger partial charge in [-0.1, -0.05) is 0 Å². The molecule has 0 amide bonds. The normalized spacial score (nSPS) is 10.2. The average Bonchev–Trinajstić information content (AvgIpc) is 2.37. The topological polar surface area (TPSA) is 103 Å². The highest BCUT2D eigenvalue weighted by atomic mass is 19.1. The summed E-state index contributed by atoms with van der Waals surface area (Å²) in [5.41, 5.74) is -0.372. The minimum atomic E-state index is -1.25. The van der Waals surface area contributed by atoms with Crippen LogP contribution in [-0.2, 0) is 0 Å². The summed E-state index contributed by atoms with van der Waals surface area (Å²) < 4.78 is 18.8. The van der Waals surface area contributed by atoms with Crippen LogP contribution in [0, 0.1) is 22.9 Å². The van der Waals surface area contributed by atoms with Crippen LogP contribution in [0.1, 0.15) is 16.1 Å². The van der Waals surface area contributed by atoms with Gasteiger partial charge in [0.25, 0.3) is 0 Å². The van der Waals surface area contributed by atoms with Crippen molar-refractivity contribution >= 4 is 11.7 Å². The number of hydrogen-bond acceptors (Lipinski definition) is 5. The SMILES string of the molecule is Cc1cc(Oc2ccc([N+](=O)[O-])c(F)c2)c(C(=O)O)cn1. The number of aryl methyl sites for hydroxylation is 1. The maximum absolute atomic E-state index is 13.5. The standard InChI is InChI=1S/C13H9FN2O5/c1-7-4-12(9(6-15-7)13(17)18)21-8-2-3-11(16(19)20)10(14)5-8/h2-6H,1H3,(H,17,18). The molecule has 0 fully saturated rings. The lowest BCUT2D eigenvalue weighted by Crippen LogP contribution is -2.02. The monoisotopic (exact) mass is 292 g/mol. The maximum Gasteiger partial charge on any atom is 0.341 e. The van der Waals surface area contributed by atoms with E-state index in [-0.39, 0.29) is 17.1 Å². The van der Waals surface area contributed by atoms with E-state index in [1.807, 2.05) is 0 Å². The number of rotatable bonds is 4. The molecular formula is C13H9FN2O5. The minimum Gasteiger partial charge on any atom is -0.477 e. The third-order valence-electron chi connectivity index (χ3n) is 2.58. The van der Waals surface area contributed by atoms with Crippen molar-refractivity contribution in [1.29, 1.82) is 0 Å². The Morgan fingerprint density at radius 1 is 1.43 bits per heavy atom. The quantitative estimate of drug-likeness (QED) is 0.686. The molecule has 0 aliphatic heterocycles. The van der Waals surface area contributed by atoms with Gasteiger partial charge >= 0.3 is 11.7 Å². The van der Waals surface area contributed by atoms with Crippen LogP contribution in [0.15, 0.2) is 30.5 Å². The summed E-state index contributed by atoms with van der Waals surface area (Å²) in [6.45, 7) is 1.63. The lowest BCUT2D eigenvalue weighted by Gasteiger charge is -2.09.